The predicted octanol–water partition coefficient (Wildman–Crippen LogP) is 3.27. The smallest absolute Gasteiger partial charge is 0.0695 e. The van der Waals surface area contributed by atoms with Crippen LogP contribution in [-0.4, -0.2) is 16.8 Å². The lowest BCUT2D eigenvalue weighted by atomic mass is 9.78. The van der Waals surface area contributed by atoms with Gasteiger partial charge in [0.15, 0.2) is 0 Å². The monoisotopic (exact) mass is 299 g/mol. The summed E-state index contributed by atoms with van der Waals surface area (Å²) < 4.78 is 3.11. The Balaban J connectivity index is 2.16. The summed E-state index contributed by atoms with van der Waals surface area (Å²) in [5, 5.41) is 7.80. The maximum absolute atomic E-state index is 4.32. The number of rotatable bonds is 3. The number of aryl methyl sites for hydroxylation is 1. The van der Waals surface area contributed by atoms with Gasteiger partial charge >= 0.3 is 0 Å². The second-order valence-electron chi connectivity index (χ2n) is 5.29. The molecule has 1 aromatic heterocycles. The molecule has 1 saturated carbocycles. The van der Waals surface area contributed by atoms with Crippen molar-refractivity contribution in [2.24, 2.45) is 18.9 Å². The Kier molecular flexibility index (Phi) is 4.26. The van der Waals surface area contributed by atoms with Gasteiger partial charge in [-0.2, -0.15) is 5.10 Å². The number of nitrogens with zero attached hydrogens (tertiary/aromatic N) is 2. The number of halogens is 1. The molecule has 1 fully saturated rings. The van der Waals surface area contributed by atoms with Crippen molar-refractivity contribution in [1.82, 2.24) is 15.1 Å². The van der Waals surface area contributed by atoms with E-state index in [0.717, 1.165) is 16.3 Å². The number of hydrogen-bond donors (Lipinski definition) is 1. The van der Waals surface area contributed by atoms with Gasteiger partial charge in [-0.15, -0.1) is 0 Å². The highest BCUT2D eigenvalue weighted by atomic mass is 79.9. The first-order valence-electron chi connectivity index (χ1n) is 6.48. The van der Waals surface area contributed by atoms with Crippen LogP contribution in [0.1, 0.15) is 44.3 Å². The van der Waals surface area contributed by atoms with Gasteiger partial charge in [-0.3, -0.25) is 4.68 Å². The van der Waals surface area contributed by atoms with E-state index in [0.29, 0.717) is 6.04 Å². The summed E-state index contributed by atoms with van der Waals surface area (Å²) in [4.78, 5) is 0. The molecule has 0 radical (unpaired) electrons. The van der Waals surface area contributed by atoms with E-state index in [4.69, 9.17) is 0 Å². The van der Waals surface area contributed by atoms with Crippen molar-refractivity contribution < 1.29 is 0 Å². The van der Waals surface area contributed by atoms with E-state index in [2.05, 4.69) is 40.3 Å². The molecule has 0 spiro atoms. The Morgan fingerprint density at radius 3 is 2.53 bits per heavy atom. The fourth-order valence-corrected chi connectivity index (χ4v) is 3.58. The van der Waals surface area contributed by atoms with E-state index in [1.165, 1.54) is 31.4 Å². The molecule has 0 aromatic carbocycles. The topological polar surface area (TPSA) is 29.9 Å². The lowest BCUT2D eigenvalue weighted by Gasteiger charge is -2.32. The van der Waals surface area contributed by atoms with E-state index in [-0.39, 0.29) is 0 Å². The quantitative estimate of drug-likeness (QED) is 0.928. The van der Waals surface area contributed by atoms with Crippen molar-refractivity contribution in [3.05, 3.63) is 16.4 Å². The van der Waals surface area contributed by atoms with Crippen LogP contribution in [0.2, 0.25) is 0 Å². The molecule has 1 aromatic rings. The van der Waals surface area contributed by atoms with Crippen LogP contribution in [0.4, 0.5) is 0 Å². The van der Waals surface area contributed by atoms with Crippen molar-refractivity contribution in [3.8, 4) is 0 Å². The Morgan fingerprint density at radius 1 is 1.41 bits per heavy atom. The van der Waals surface area contributed by atoms with Gasteiger partial charge in [0.25, 0.3) is 0 Å². The Labute approximate surface area is 112 Å². The summed E-state index contributed by atoms with van der Waals surface area (Å²) >= 11 is 3.61. The van der Waals surface area contributed by atoms with E-state index in [9.17, 15) is 0 Å². The van der Waals surface area contributed by atoms with Crippen LogP contribution in [0.5, 0.6) is 0 Å². The van der Waals surface area contributed by atoms with E-state index in [1.54, 1.807) is 0 Å². The molecule has 0 saturated heterocycles. The summed E-state index contributed by atoms with van der Waals surface area (Å²) in [7, 11) is 4.08. The molecule has 0 bridgehead atoms. The summed E-state index contributed by atoms with van der Waals surface area (Å²) in [6, 6.07) is 0.421. The van der Waals surface area contributed by atoms with Crippen LogP contribution in [0, 0.1) is 11.8 Å². The molecule has 1 aliphatic rings. The SMILES string of the molecule is CNC(c1c(Br)cnn1C)C1CCC(C)CC1. The van der Waals surface area contributed by atoms with Gasteiger partial charge in [-0.05, 0) is 47.7 Å². The highest BCUT2D eigenvalue weighted by Gasteiger charge is 2.29. The first kappa shape index (κ1) is 13.1. The molecule has 1 atom stereocenters. The molecule has 17 heavy (non-hydrogen) atoms. The van der Waals surface area contributed by atoms with Crippen molar-refractivity contribution in [2.45, 2.75) is 38.6 Å². The normalized spacial score (nSPS) is 27.1. The fourth-order valence-electron chi connectivity index (χ4n) is 2.98. The summed E-state index contributed by atoms with van der Waals surface area (Å²) in [6.45, 7) is 2.37. The first-order chi connectivity index (χ1) is 8.13. The van der Waals surface area contributed by atoms with Crippen LogP contribution in [-0.2, 0) is 7.05 Å². The summed E-state index contributed by atoms with van der Waals surface area (Å²) in [6.07, 6.45) is 7.26. The Bertz CT molecular complexity index is 347. The average molecular weight is 300 g/mol. The zero-order valence-corrected chi connectivity index (χ0v) is 12.5. The molecule has 1 aliphatic carbocycles. The molecule has 0 amide bonds. The molecule has 1 heterocycles. The molecule has 0 aliphatic heterocycles. The minimum atomic E-state index is 0.421. The molecule has 2 rings (SSSR count). The minimum Gasteiger partial charge on any atom is -0.311 e. The van der Waals surface area contributed by atoms with Gasteiger partial charge < -0.3 is 5.32 Å². The van der Waals surface area contributed by atoms with Gasteiger partial charge in [0.1, 0.15) is 0 Å². The van der Waals surface area contributed by atoms with Gasteiger partial charge in [-0.1, -0.05) is 19.8 Å². The number of nitrogens with one attached hydrogen (secondary N) is 1. The average Bonchev–Trinajstić information content (AvgIpc) is 2.64. The molecule has 1 unspecified atom stereocenters. The summed E-state index contributed by atoms with van der Waals surface area (Å²) in [5.41, 5.74) is 1.28. The van der Waals surface area contributed by atoms with Crippen LogP contribution in [0.3, 0.4) is 0 Å². The van der Waals surface area contributed by atoms with Gasteiger partial charge in [0.2, 0.25) is 0 Å². The lowest BCUT2D eigenvalue weighted by molar-refractivity contribution is 0.231. The number of aromatic nitrogens is 2. The predicted molar refractivity (Wildman–Crippen MR) is 73.8 cm³/mol. The van der Waals surface area contributed by atoms with Crippen molar-refractivity contribution >= 4 is 15.9 Å². The van der Waals surface area contributed by atoms with Crippen LogP contribution < -0.4 is 5.32 Å². The second kappa shape index (κ2) is 5.53. The zero-order chi connectivity index (χ0) is 12.4. The van der Waals surface area contributed by atoms with Crippen molar-refractivity contribution in [2.75, 3.05) is 7.05 Å². The highest BCUT2D eigenvalue weighted by molar-refractivity contribution is 9.10. The Morgan fingerprint density at radius 2 is 2.06 bits per heavy atom. The van der Waals surface area contributed by atoms with E-state index < -0.39 is 0 Å². The van der Waals surface area contributed by atoms with Gasteiger partial charge in [0, 0.05) is 7.05 Å². The van der Waals surface area contributed by atoms with Crippen molar-refractivity contribution in [3.63, 3.8) is 0 Å². The fraction of sp³-hybridized carbons (Fsp3) is 0.769. The minimum absolute atomic E-state index is 0.421. The van der Waals surface area contributed by atoms with Crippen LogP contribution >= 0.6 is 15.9 Å². The standard InChI is InChI=1S/C13H22BrN3/c1-9-4-6-10(7-5-9)12(15-2)13-11(14)8-16-17(13)3/h8-10,12,15H,4-7H2,1-3H3. The molecule has 96 valence electrons. The number of hydrogen-bond acceptors (Lipinski definition) is 2. The molecular formula is C13H22BrN3. The maximum atomic E-state index is 4.32. The second-order valence-corrected chi connectivity index (χ2v) is 6.14. The molecule has 3 nitrogen and oxygen atoms in total. The lowest BCUT2D eigenvalue weighted by Crippen LogP contribution is -2.30. The van der Waals surface area contributed by atoms with Crippen LogP contribution in [0.15, 0.2) is 10.7 Å². The third kappa shape index (κ3) is 2.74. The molecule has 1 N–H and O–H groups in total. The molecular weight excluding hydrogens is 278 g/mol. The zero-order valence-electron chi connectivity index (χ0n) is 10.9. The first-order valence-corrected chi connectivity index (χ1v) is 7.27. The maximum Gasteiger partial charge on any atom is 0.0695 e. The van der Waals surface area contributed by atoms with Gasteiger partial charge in [0.05, 0.1) is 22.4 Å². The summed E-state index contributed by atoms with van der Waals surface area (Å²) in [5.74, 6) is 1.64. The van der Waals surface area contributed by atoms with E-state index >= 15 is 0 Å². The third-order valence-corrected chi connectivity index (χ3v) is 4.69. The van der Waals surface area contributed by atoms with Crippen LogP contribution in [0.25, 0.3) is 0 Å². The third-order valence-electron chi connectivity index (χ3n) is 4.08. The van der Waals surface area contributed by atoms with Gasteiger partial charge in [-0.25, -0.2) is 0 Å². The Hall–Kier alpha value is -0.350. The molecule has 4 heteroatoms. The van der Waals surface area contributed by atoms with Crippen molar-refractivity contribution in [1.29, 1.82) is 0 Å². The largest absolute Gasteiger partial charge is 0.311 e. The highest BCUT2D eigenvalue weighted by Crippen LogP contribution is 2.38. The van der Waals surface area contributed by atoms with E-state index in [1.807, 2.05) is 17.9 Å².